The highest BCUT2D eigenvalue weighted by atomic mass is 16.6. The van der Waals surface area contributed by atoms with Crippen LogP contribution in [0.15, 0.2) is 24.3 Å². The van der Waals surface area contributed by atoms with E-state index in [4.69, 9.17) is 9.47 Å². The van der Waals surface area contributed by atoms with Gasteiger partial charge in [0.2, 0.25) is 6.04 Å². The van der Waals surface area contributed by atoms with E-state index in [1.165, 1.54) is 6.92 Å². The molecule has 0 aliphatic carbocycles. The Morgan fingerprint density at radius 1 is 1.40 bits per heavy atom. The summed E-state index contributed by atoms with van der Waals surface area (Å²) in [6.07, 6.45) is 0. The molecular weight excluding hydrogens is 264 g/mol. The summed E-state index contributed by atoms with van der Waals surface area (Å²) in [6.45, 7) is 3.18. The van der Waals surface area contributed by atoms with Gasteiger partial charge >= 0.3 is 5.97 Å². The molecule has 1 aromatic carbocycles. The number of rotatable bonds is 7. The summed E-state index contributed by atoms with van der Waals surface area (Å²) in [5.41, 5.74) is 0.581. The number of nitrogens with zero attached hydrogens (tertiary/aromatic N) is 1. The molecule has 0 fully saturated rings. The molecule has 1 N–H and O–H groups in total. The minimum Gasteiger partial charge on any atom is -0.497 e. The molecule has 1 aromatic rings. The predicted octanol–water partition coefficient (Wildman–Crippen LogP) is 1.70. The van der Waals surface area contributed by atoms with Gasteiger partial charge in [0.25, 0.3) is 0 Å². The van der Waals surface area contributed by atoms with Crippen LogP contribution in [0.2, 0.25) is 0 Å². The van der Waals surface area contributed by atoms with Gasteiger partial charge in [-0.3, -0.25) is 10.1 Å². The van der Waals surface area contributed by atoms with Gasteiger partial charge in [-0.2, -0.15) is 0 Å². The van der Waals surface area contributed by atoms with Gasteiger partial charge in [0.15, 0.2) is 6.04 Å². The van der Waals surface area contributed by atoms with Gasteiger partial charge in [-0.25, -0.2) is 4.79 Å². The average molecular weight is 282 g/mol. The first-order chi connectivity index (χ1) is 9.49. The Morgan fingerprint density at radius 2 is 2.00 bits per heavy atom. The number of anilines is 1. The molecule has 1 rings (SSSR count). The molecule has 0 aliphatic heterocycles. The van der Waals surface area contributed by atoms with Crippen molar-refractivity contribution >= 4 is 11.7 Å². The largest absolute Gasteiger partial charge is 0.497 e. The van der Waals surface area contributed by atoms with E-state index in [2.05, 4.69) is 5.32 Å². The molecule has 2 atom stereocenters. The van der Waals surface area contributed by atoms with Crippen molar-refractivity contribution in [2.75, 3.05) is 19.0 Å². The van der Waals surface area contributed by atoms with Crippen LogP contribution >= 0.6 is 0 Å². The van der Waals surface area contributed by atoms with Crippen molar-refractivity contribution in [2.45, 2.75) is 25.9 Å². The average Bonchev–Trinajstić information content (AvgIpc) is 2.44. The van der Waals surface area contributed by atoms with E-state index in [9.17, 15) is 14.9 Å². The fourth-order valence-corrected chi connectivity index (χ4v) is 1.60. The topological polar surface area (TPSA) is 90.7 Å². The van der Waals surface area contributed by atoms with Gasteiger partial charge in [-0.1, -0.05) is 0 Å². The summed E-state index contributed by atoms with van der Waals surface area (Å²) < 4.78 is 9.88. The zero-order chi connectivity index (χ0) is 15.1. The van der Waals surface area contributed by atoms with Crippen LogP contribution in [-0.2, 0) is 9.53 Å². The van der Waals surface area contributed by atoms with E-state index in [1.807, 2.05) is 0 Å². The van der Waals surface area contributed by atoms with Crippen molar-refractivity contribution in [2.24, 2.45) is 0 Å². The number of methoxy groups -OCH3 is 1. The van der Waals surface area contributed by atoms with E-state index in [0.29, 0.717) is 11.4 Å². The lowest BCUT2D eigenvalue weighted by molar-refractivity contribution is -0.518. The second-order valence-corrected chi connectivity index (χ2v) is 4.13. The Bertz CT molecular complexity index is 460. The third kappa shape index (κ3) is 4.11. The summed E-state index contributed by atoms with van der Waals surface area (Å²) in [4.78, 5) is 22.2. The minimum absolute atomic E-state index is 0.171. The summed E-state index contributed by atoms with van der Waals surface area (Å²) in [5.74, 6) is 0.0121. The first-order valence-corrected chi connectivity index (χ1v) is 6.20. The standard InChI is InChI=1S/C13H18N2O5/c1-4-20-13(16)12(9(2)15(17)18)14-10-5-7-11(19-3)8-6-10/h5-9,12,14H,4H2,1-3H3/t9-,12+/m1/s1. The van der Waals surface area contributed by atoms with Gasteiger partial charge in [0.1, 0.15) is 5.75 Å². The first kappa shape index (κ1) is 15.7. The molecule has 0 bridgehead atoms. The number of nitro groups is 1. The minimum atomic E-state index is -1.10. The van der Waals surface area contributed by atoms with Crippen LogP contribution in [0.4, 0.5) is 5.69 Å². The van der Waals surface area contributed by atoms with Gasteiger partial charge < -0.3 is 14.8 Å². The summed E-state index contributed by atoms with van der Waals surface area (Å²) >= 11 is 0. The fraction of sp³-hybridized carbons (Fsp3) is 0.462. The number of hydrogen-bond acceptors (Lipinski definition) is 6. The Balaban J connectivity index is 2.87. The summed E-state index contributed by atoms with van der Waals surface area (Å²) in [6, 6.07) is 4.60. The highest BCUT2D eigenvalue weighted by Crippen LogP contribution is 2.17. The highest BCUT2D eigenvalue weighted by Gasteiger charge is 2.34. The number of esters is 1. The van der Waals surface area contributed by atoms with Crippen LogP contribution in [0.3, 0.4) is 0 Å². The van der Waals surface area contributed by atoms with Crippen molar-refractivity contribution < 1.29 is 19.2 Å². The maximum atomic E-state index is 11.8. The Kier molecular flexibility index (Phi) is 5.76. The van der Waals surface area contributed by atoms with E-state index >= 15 is 0 Å². The molecule has 0 unspecified atom stereocenters. The third-order valence-corrected chi connectivity index (χ3v) is 2.77. The molecule has 0 heterocycles. The van der Waals surface area contributed by atoms with Gasteiger partial charge in [-0.05, 0) is 31.2 Å². The number of nitrogens with one attached hydrogen (secondary N) is 1. The third-order valence-electron chi connectivity index (χ3n) is 2.77. The molecule has 0 saturated carbocycles. The number of carbonyl (C=O) groups excluding carboxylic acids is 1. The lowest BCUT2D eigenvalue weighted by atomic mass is 10.1. The molecule has 7 heteroatoms. The van der Waals surface area contributed by atoms with Crippen molar-refractivity contribution in [3.8, 4) is 5.75 Å². The van der Waals surface area contributed by atoms with Gasteiger partial charge in [0, 0.05) is 17.5 Å². The van der Waals surface area contributed by atoms with Crippen LogP contribution < -0.4 is 10.1 Å². The smallest absolute Gasteiger partial charge is 0.335 e. The van der Waals surface area contributed by atoms with Gasteiger partial charge in [0.05, 0.1) is 13.7 Å². The van der Waals surface area contributed by atoms with Crippen LogP contribution in [-0.4, -0.2) is 36.7 Å². The Hall–Kier alpha value is -2.31. The summed E-state index contributed by atoms with van der Waals surface area (Å²) in [7, 11) is 1.54. The lowest BCUT2D eigenvalue weighted by Gasteiger charge is -2.19. The van der Waals surface area contributed by atoms with Crippen LogP contribution in [0.25, 0.3) is 0 Å². The number of hydrogen-bond donors (Lipinski definition) is 1. The fourth-order valence-electron chi connectivity index (χ4n) is 1.60. The SMILES string of the molecule is CCOC(=O)[C@@H](Nc1ccc(OC)cc1)[C@@H](C)[N+](=O)[O-]. The number of carbonyl (C=O) groups is 1. The van der Waals surface area contributed by atoms with Crippen molar-refractivity contribution in [1.29, 1.82) is 0 Å². The molecule has 0 saturated heterocycles. The van der Waals surface area contributed by atoms with Crippen LogP contribution in [0.5, 0.6) is 5.75 Å². The van der Waals surface area contributed by atoms with E-state index in [1.54, 1.807) is 38.3 Å². The van der Waals surface area contributed by atoms with Crippen molar-refractivity contribution in [3.05, 3.63) is 34.4 Å². The van der Waals surface area contributed by atoms with E-state index in [-0.39, 0.29) is 6.61 Å². The second-order valence-electron chi connectivity index (χ2n) is 4.13. The maximum Gasteiger partial charge on any atom is 0.335 e. The van der Waals surface area contributed by atoms with E-state index < -0.39 is 23.0 Å². The van der Waals surface area contributed by atoms with Gasteiger partial charge in [-0.15, -0.1) is 0 Å². The van der Waals surface area contributed by atoms with Crippen molar-refractivity contribution in [3.63, 3.8) is 0 Å². The second kappa shape index (κ2) is 7.32. The molecule has 0 aromatic heterocycles. The molecular formula is C13H18N2O5. The molecule has 110 valence electrons. The highest BCUT2D eigenvalue weighted by molar-refractivity contribution is 5.80. The maximum absolute atomic E-state index is 11.8. The lowest BCUT2D eigenvalue weighted by Crippen LogP contribution is -2.44. The quantitative estimate of drug-likeness (QED) is 0.465. The van der Waals surface area contributed by atoms with Crippen LogP contribution in [0, 0.1) is 10.1 Å². The molecule has 0 amide bonds. The first-order valence-electron chi connectivity index (χ1n) is 6.20. The zero-order valence-corrected chi connectivity index (χ0v) is 11.7. The molecule has 7 nitrogen and oxygen atoms in total. The molecule has 0 spiro atoms. The Morgan fingerprint density at radius 3 is 2.45 bits per heavy atom. The summed E-state index contributed by atoms with van der Waals surface area (Å²) in [5, 5.41) is 13.7. The number of benzene rings is 1. The predicted molar refractivity (Wildman–Crippen MR) is 73.5 cm³/mol. The zero-order valence-electron chi connectivity index (χ0n) is 11.7. The monoisotopic (exact) mass is 282 g/mol. The molecule has 0 radical (unpaired) electrons. The van der Waals surface area contributed by atoms with E-state index in [0.717, 1.165) is 0 Å². The van der Waals surface area contributed by atoms with Crippen LogP contribution in [0.1, 0.15) is 13.8 Å². The molecule has 20 heavy (non-hydrogen) atoms. The Labute approximate surface area is 117 Å². The molecule has 0 aliphatic rings. The normalized spacial score (nSPS) is 13.2. The van der Waals surface area contributed by atoms with Crippen molar-refractivity contribution in [1.82, 2.24) is 0 Å². The number of ether oxygens (including phenoxy) is 2.